The Bertz CT molecular complexity index is 233. The van der Waals surface area contributed by atoms with Gasteiger partial charge >= 0.3 is 0 Å². The van der Waals surface area contributed by atoms with Crippen LogP contribution in [0.2, 0.25) is 0 Å². The van der Waals surface area contributed by atoms with Gasteiger partial charge in [0.05, 0.1) is 0 Å². The molecule has 0 N–H and O–H groups in total. The molecule has 0 amide bonds. The highest BCUT2D eigenvalue weighted by Crippen LogP contribution is 2.09. The van der Waals surface area contributed by atoms with E-state index in [0.717, 1.165) is 6.42 Å². The van der Waals surface area contributed by atoms with Crippen LogP contribution in [0.3, 0.4) is 0 Å². The second-order valence-corrected chi connectivity index (χ2v) is 4.00. The number of benzene rings is 1. The van der Waals surface area contributed by atoms with Gasteiger partial charge in [-0.3, -0.25) is 0 Å². The van der Waals surface area contributed by atoms with Gasteiger partial charge in [-0.05, 0) is 25.3 Å². The van der Waals surface area contributed by atoms with Gasteiger partial charge in [-0.1, -0.05) is 62.4 Å². The highest BCUT2D eigenvalue weighted by Gasteiger charge is 1.93. The van der Waals surface area contributed by atoms with Gasteiger partial charge in [-0.15, -0.1) is 0 Å². The Morgan fingerprint density at radius 3 is 2.21 bits per heavy atom. The summed E-state index contributed by atoms with van der Waals surface area (Å²) >= 11 is 0. The Morgan fingerprint density at radius 2 is 1.57 bits per heavy atom. The van der Waals surface area contributed by atoms with E-state index < -0.39 is 0 Å². The first-order valence-electron chi connectivity index (χ1n) is 5.67. The van der Waals surface area contributed by atoms with Crippen molar-refractivity contribution < 1.29 is 0 Å². The fourth-order valence-electron chi connectivity index (χ4n) is 1.61. The second-order valence-electron chi connectivity index (χ2n) is 4.00. The Balaban J connectivity index is 2.15. The molecule has 0 heteroatoms. The van der Waals surface area contributed by atoms with E-state index in [2.05, 4.69) is 38.1 Å². The SMILES string of the molecule is [CH2]CCCCCCc1ccc(C)cc1. The third-order valence-electron chi connectivity index (χ3n) is 2.59. The lowest BCUT2D eigenvalue weighted by Crippen LogP contribution is -1.86. The third kappa shape index (κ3) is 4.45. The number of unbranched alkanes of at least 4 members (excludes halogenated alkanes) is 4. The molecule has 0 aliphatic heterocycles. The van der Waals surface area contributed by atoms with E-state index in [1.54, 1.807) is 0 Å². The van der Waals surface area contributed by atoms with Crippen LogP contribution in [-0.2, 0) is 6.42 Å². The van der Waals surface area contributed by atoms with Crippen molar-refractivity contribution in [3.05, 3.63) is 42.3 Å². The van der Waals surface area contributed by atoms with Gasteiger partial charge in [-0.2, -0.15) is 0 Å². The Kier molecular flexibility index (Phi) is 5.36. The van der Waals surface area contributed by atoms with Gasteiger partial charge in [0.2, 0.25) is 0 Å². The average Bonchev–Trinajstić information content (AvgIpc) is 2.21. The highest BCUT2D eigenvalue weighted by atomic mass is 14.0. The molecule has 0 saturated heterocycles. The molecule has 14 heavy (non-hydrogen) atoms. The molecular formula is C14H21. The quantitative estimate of drug-likeness (QED) is 0.584. The molecule has 77 valence electrons. The maximum absolute atomic E-state index is 3.85. The standard InChI is InChI=1S/C14H21/c1-3-4-5-6-7-8-14-11-9-13(2)10-12-14/h9-12H,1,3-8H2,2H3. The first kappa shape index (κ1) is 11.3. The van der Waals surface area contributed by atoms with Crippen molar-refractivity contribution in [3.8, 4) is 0 Å². The van der Waals surface area contributed by atoms with Gasteiger partial charge < -0.3 is 0 Å². The topological polar surface area (TPSA) is 0 Å². The predicted octanol–water partition coefficient (Wildman–Crippen LogP) is 4.32. The molecule has 1 rings (SSSR count). The van der Waals surface area contributed by atoms with Crippen LogP contribution in [0, 0.1) is 13.8 Å². The van der Waals surface area contributed by atoms with Crippen LogP contribution < -0.4 is 0 Å². The fraction of sp³-hybridized carbons (Fsp3) is 0.500. The van der Waals surface area contributed by atoms with Crippen molar-refractivity contribution >= 4 is 0 Å². The molecular weight excluding hydrogens is 168 g/mol. The van der Waals surface area contributed by atoms with Gasteiger partial charge in [0.15, 0.2) is 0 Å². The second kappa shape index (κ2) is 6.64. The summed E-state index contributed by atoms with van der Waals surface area (Å²) in [6, 6.07) is 8.89. The van der Waals surface area contributed by atoms with E-state index in [1.807, 2.05) is 0 Å². The zero-order valence-corrected chi connectivity index (χ0v) is 9.26. The van der Waals surface area contributed by atoms with Gasteiger partial charge in [0.25, 0.3) is 0 Å². The van der Waals surface area contributed by atoms with Gasteiger partial charge in [0, 0.05) is 0 Å². The minimum absolute atomic E-state index is 1.09. The summed E-state index contributed by atoms with van der Waals surface area (Å²) in [5, 5.41) is 0. The van der Waals surface area contributed by atoms with Crippen molar-refractivity contribution in [1.82, 2.24) is 0 Å². The molecule has 0 atom stereocenters. The molecule has 0 aromatic heterocycles. The summed E-state index contributed by atoms with van der Waals surface area (Å²) < 4.78 is 0. The summed E-state index contributed by atoms with van der Waals surface area (Å²) in [6.45, 7) is 5.99. The maximum Gasteiger partial charge on any atom is -0.0279 e. The monoisotopic (exact) mass is 189 g/mol. The molecule has 1 aromatic rings. The van der Waals surface area contributed by atoms with Crippen molar-refractivity contribution in [2.75, 3.05) is 0 Å². The normalized spacial score (nSPS) is 10.4. The summed E-state index contributed by atoms with van der Waals surface area (Å²) in [7, 11) is 0. The van der Waals surface area contributed by atoms with Crippen molar-refractivity contribution in [3.63, 3.8) is 0 Å². The van der Waals surface area contributed by atoms with Crippen LogP contribution in [0.5, 0.6) is 0 Å². The van der Waals surface area contributed by atoms with E-state index in [-0.39, 0.29) is 0 Å². The predicted molar refractivity (Wildman–Crippen MR) is 63.3 cm³/mol. The van der Waals surface area contributed by atoms with Gasteiger partial charge in [-0.25, -0.2) is 0 Å². The van der Waals surface area contributed by atoms with Crippen LogP contribution in [-0.4, -0.2) is 0 Å². The third-order valence-corrected chi connectivity index (χ3v) is 2.59. The maximum atomic E-state index is 3.85. The van der Waals surface area contributed by atoms with E-state index >= 15 is 0 Å². The molecule has 0 heterocycles. The molecule has 0 bridgehead atoms. The van der Waals surface area contributed by atoms with Crippen LogP contribution in [0.25, 0.3) is 0 Å². The molecule has 0 aliphatic rings. The smallest absolute Gasteiger partial charge is 0.0279 e. The minimum atomic E-state index is 1.09. The zero-order chi connectivity index (χ0) is 10.2. The molecule has 0 fully saturated rings. The average molecular weight is 189 g/mol. The highest BCUT2D eigenvalue weighted by molar-refractivity contribution is 5.21. The van der Waals surface area contributed by atoms with E-state index in [9.17, 15) is 0 Å². The van der Waals surface area contributed by atoms with E-state index in [4.69, 9.17) is 0 Å². The molecule has 0 nitrogen and oxygen atoms in total. The lowest BCUT2D eigenvalue weighted by Gasteiger charge is -2.01. The fourth-order valence-corrected chi connectivity index (χ4v) is 1.61. The summed E-state index contributed by atoms with van der Waals surface area (Å²) in [6.07, 6.45) is 7.62. The molecule has 0 saturated carbocycles. The lowest BCUT2D eigenvalue weighted by molar-refractivity contribution is 0.645. The van der Waals surface area contributed by atoms with Crippen LogP contribution in [0.4, 0.5) is 0 Å². The van der Waals surface area contributed by atoms with Crippen LogP contribution in [0.1, 0.15) is 43.2 Å². The zero-order valence-electron chi connectivity index (χ0n) is 9.26. The summed E-state index contributed by atoms with van der Waals surface area (Å²) in [5.74, 6) is 0. The number of hydrogen-bond donors (Lipinski definition) is 0. The summed E-state index contributed by atoms with van der Waals surface area (Å²) in [4.78, 5) is 0. The van der Waals surface area contributed by atoms with Crippen molar-refractivity contribution in [1.29, 1.82) is 0 Å². The van der Waals surface area contributed by atoms with E-state index in [0.29, 0.717) is 0 Å². The molecule has 0 unspecified atom stereocenters. The van der Waals surface area contributed by atoms with E-state index in [1.165, 1.54) is 43.2 Å². The molecule has 1 aromatic carbocycles. The first-order valence-corrected chi connectivity index (χ1v) is 5.67. The Hall–Kier alpha value is -0.780. The van der Waals surface area contributed by atoms with Crippen molar-refractivity contribution in [2.45, 2.75) is 45.4 Å². The van der Waals surface area contributed by atoms with Crippen molar-refractivity contribution in [2.24, 2.45) is 0 Å². The van der Waals surface area contributed by atoms with Crippen LogP contribution in [0.15, 0.2) is 24.3 Å². The lowest BCUT2D eigenvalue weighted by atomic mass is 10.0. The van der Waals surface area contributed by atoms with Crippen LogP contribution >= 0.6 is 0 Å². The number of aryl methyl sites for hydroxylation is 2. The minimum Gasteiger partial charge on any atom is -0.0591 e. The molecule has 0 spiro atoms. The number of rotatable bonds is 6. The molecule has 1 radical (unpaired) electrons. The first-order chi connectivity index (χ1) is 6.83. The van der Waals surface area contributed by atoms with Gasteiger partial charge in [0.1, 0.15) is 0 Å². The molecule has 0 aliphatic carbocycles. The number of hydrogen-bond acceptors (Lipinski definition) is 0. The largest absolute Gasteiger partial charge is 0.0591 e. The summed E-state index contributed by atoms with van der Waals surface area (Å²) in [5.41, 5.74) is 2.83. The Labute approximate surface area is 88.4 Å². The Morgan fingerprint density at radius 1 is 0.929 bits per heavy atom.